The molecule has 0 amide bonds. The Morgan fingerprint density at radius 3 is 2.08 bits per heavy atom. The second kappa shape index (κ2) is 14.5. The number of halogens is 2. The molecule has 2 aromatic carbocycles. The minimum absolute atomic E-state index is 0.0237. The zero-order valence-corrected chi connectivity index (χ0v) is 23.6. The van der Waals surface area contributed by atoms with Gasteiger partial charge in [-0.25, -0.2) is 13.6 Å². The van der Waals surface area contributed by atoms with Gasteiger partial charge in [-0.2, -0.15) is 0 Å². The summed E-state index contributed by atoms with van der Waals surface area (Å²) in [4.78, 5) is 12.6. The average molecular weight is 549 g/mol. The van der Waals surface area contributed by atoms with Crippen molar-refractivity contribution in [2.24, 2.45) is 0 Å². The van der Waals surface area contributed by atoms with Crippen LogP contribution in [0.15, 0.2) is 57.7 Å². The van der Waals surface area contributed by atoms with Gasteiger partial charge >= 0.3 is 14.4 Å². The van der Waals surface area contributed by atoms with Crippen molar-refractivity contribution >= 4 is 19.8 Å². The van der Waals surface area contributed by atoms with Crippen molar-refractivity contribution in [3.8, 4) is 16.9 Å². The zero-order valence-electron chi connectivity index (χ0n) is 22.6. The Hall–Kier alpha value is -2.59. The van der Waals surface area contributed by atoms with Crippen LogP contribution in [0.25, 0.3) is 22.1 Å². The summed E-state index contributed by atoms with van der Waals surface area (Å²) in [6, 6.07) is 14.9. The minimum Gasteiger partial charge on any atom is -0.493 e. The third-order valence-corrected chi connectivity index (χ3v) is 9.34. The summed E-state index contributed by atoms with van der Waals surface area (Å²) in [5.74, 6) is 0.416. The molecule has 0 aliphatic heterocycles. The van der Waals surface area contributed by atoms with E-state index >= 15 is 0 Å². The Balaban J connectivity index is 1.57. The Bertz CT molecular complexity index is 1180. The van der Waals surface area contributed by atoms with E-state index in [2.05, 4.69) is 6.92 Å². The molecule has 1 heterocycles. The van der Waals surface area contributed by atoms with Crippen molar-refractivity contribution in [2.45, 2.75) is 65.3 Å². The largest absolute Gasteiger partial charge is 0.501 e. The lowest BCUT2D eigenvalue weighted by atomic mass is 10.0. The zero-order chi connectivity index (χ0) is 27.5. The lowest BCUT2D eigenvalue weighted by Gasteiger charge is -2.29. The van der Waals surface area contributed by atoms with Crippen molar-refractivity contribution in [3.05, 3.63) is 64.5 Å². The summed E-state index contributed by atoms with van der Waals surface area (Å²) >= 11 is 0. The van der Waals surface area contributed by atoms with Gasteiger partial charge in [-0.15, -0.1) is 0 Å². The molecule has 0 radical (unpaired) electrons. The van der Waals surface area contributed by atoms with E-state index in [4.69, 9.17) is 22.4 Å². The van der Waals surface area contributed by atoms with E-state index in [0.29, 0.717) is 36.7 Å². The number of hydrogen-bond acceptors (Lipinski definition) is 6. The molecular formula is C29H38F2O6Si. The highest BCUT2D eigenvalue weighted by Crippen LogP contribution is 2.26. The van der Waals surface area contributed by atoms with Crippen LogP contribution in [0.1, 0.15) is 46.1 Å². The maximum atomic E-state index is 14.6. The number of aryl methyl sites for hydroxylation is 1. The van der Waals surface area contributed by atoms with Crippen LogP contribution < -0.4 is 10.4 Å². The van der Waals surface area contributed by atoms with Gasteiger partial charge in [0.05, 0.1) is 12.2 Å². The molecule has 2 unspecified atom stereocenters. The number of alkyl halides is 2. The highest BCUT2D eigenvalue weighted by molar-refractivity contribution is 6.60. The molecule has 2 atom stereocenters. The smallest absolute Gasteiger partial charge is 0.493 e. The van der Waals surface area contributed by atoms with Crippen molar-refractivity contribution in [1.82, 2.24) is 0 Å². The Morgan fingerprint density at radius 2 is 1.47 bits per heavy atom. The van der Waals surface area contributed by atoms with Gasteiger partial charge in [0, 0.05) is 43.7 Å². The molecule has 0 spiro atoms. The van der Waals surface area contributed by atoms with Crippen LogP contribution >= 0.6 is 0 Å². The first-order valence-electron chi connectivity index (χ1n) is 13.3. The Morgan fingerprint density at radius 1 is 0.842 bits per heavy atom. The highest BCUT2D eigenvalue weighted by Gasteiger charge is 2.41. The van der Waals surface area contributed by atoms with Crippen LogP contribution in [-0.4, -0.2) is 47.6 Å². The van der Waals surface area contributed by atoms with Crippen LogP contribution in [0.3, 0.4) is 0 Å². The molecule has 6 nitrogen and oxygen atoms in total. The van der Waals surface area contributed by atoms with E-state index in [1.807, 2.05) is 45.0 Å². The van der Waals surface area contributed by atoms with Crippen LogP contribution in [-0.2, 0) is 19.7 Å². The molecule has 3 aromatic rings. The third-order valence-electron chi connectivity index (χ3n) is 6.25. The van der Waals surface area contributed by atoms with E-state index in [1.165, 1.54) is 5.56 Å². The van der Waals surface area contributed by atoms with Gasteiger partial charge in [-0.3, -0.25) is 0 Å². The lowest BCUT2D eigenvalue weighted by Crippen LogP contribution is -2.46. The van der Waals surface area contributed by atoms with E-state index in [-0.39, 0.29) is 25.5 Å². The van der Waals surface area contributed by atoms with Gasteiger partial charge in [0.25, 0.3) is 0 Å². The van der Waals surface area contributed by atoms with Gasteiger partial charge in [0.2, 0.25) is 0 Å². The van der Waals surface area contributed by atoms with Crippen LogP contribution in [0.5, 0.6) is 5.75 Å². The average Bonchev–Trinajstić information content (AvgIpc) is 2.91. The molecule has 0 aliphatic carbocycles. The molecule has 0 bridgehead atoms. The van der Waals surface area contributed by atoms with Crippen molar-refractivity contribution in [2.75, 3.05) is 26.4 Å². The second-order valence-corrected chi connectivity index (χ2v) is 11.6. The van der Waals surface area contributed by atoms with Crippen molar-refractivity contribution in [3.63, 3.8) is 0 Å². The summed E-state index contributed by atoms with van der Waals surface area (Å²) in [5, 5.41) is 0.740. The molecule has 0 fully saturated rings. The topological polar surface area (TPSA) is 67.1 Å². The Kier molecular flexibility index (Phi) is 11.5. The molecule has 9 heteroatoms. The SMILES string of the molecule is CCO[Si](CCC(F)C(F)CCOc1ccc2cc(-c3ccc(CC)cc3)c(=O)oc2c1)(OCC)OCC. The first-order valence-corrected chi connectivity index (χ1v) is 15.3. The number of benzene rings is 2. The van der Waals surface area contributed by atoms with Gasteiger partial charge in [0.1, 0.15) is 23.7 Å². The number of fused-ring (bicyclic) bond motifs is 1. The summed E-state index contributed by atoms with van der Waals surface area (Å²) in [6.07, 6.45) is -2.65. The summed E-state index contributed by atoms with van der Waals surface area (Å²) in [6.45, 7) is 8.67. The maximum Gasteiger partial charge on any atom is 0.501 e. The second-order valence-electron chi connectivity index (χ2n) is 8.89. The highest BCUT2D eigenvalue weighted by atomic mass is 28.4. The van der Waals surface area contributed by atoms with Gasteiger partial charge < -0.3 is 22.4 Å². The van der Waals surface area contributed by atoms with Crippen LogP contribution in [0, 0.1) is 0 Å². The van der Waals surface area contributed by atoms with Crippen LogP contribution in [0.2, 0.25) is 6.04 Å². The summed E-state index contributed by atoms with van der Waals surface area (Å²) in [5.41, 5.74) is 2.37. The van der Waals surface area contributed by atoms with E-state index in [9.17, 15) is 13.6 Å². The quantitative estimate of drug-likeness (QED) is 0.143. The standard InChI is InChI=1S/C29H38F2O6Si/c1-5-21-9-11-22(12-10-21)25-19-23-13-14-24(20-28(23)37-29(25)32)33-17-15-26(30)27(31)16-18-38(34-6-2,35-7-3)36-8-4/h9-14,19-20,26-27H,5-8,15-18H2,1-4H3. The molecule has 3 rings (SSSR count). The fourth-order valence-corrected chi connectivity index (χ4v) is 6.90. The minimum atomic E-state index is -3.02. The van der Waals surface area contributed by atoms with Crippen molar-refractivity contribution in [1.29, 1.82) is 0 Å². The molecule has 0 aliphatic rings. The fraction of sp³-hybridized carbons (Fsp3) is 0.483. The van der Waals surface area contributed by atoms with Gasteiger partial charge in [0.15, 0.2) is 0 Å². The summed E-state index contributed by atoms with van der Waals surface area (Å²) < 4.78 is 57.5. The molecular weight excluding hydrogens is 510 g/mol. The first kappa shape index (κ1) is 30.0. The molecule has 0 saturated carbocycles. The third kappa shape index (κ3) is 7.96. The molecule has 0 saturated heterocycles. The van der Waals surface area contributed by atoms with E-state index in [1.54, 1.807) is 24.3 Å². The number of ether oxygens (including phenoxy) is 1. The number of hydrogen-bond donors (Lipinski definition) is 0. The molecule has 208 valence electrons. The fourth-order valence-electron chi connectivity index (χ4n) is 4.27. The normalized spacial score (nSPS) is 13.5. The summed E-state index contributed by atoms with van der Waals surface area (Å²) in [7, 11) is -3.02. The molecule has 38 heavy (non-hydrogen) atoms. The Labute approximate surface area is 224 Å². The first-order chi connectivity index (χ1) is 18.3. The maximum absolute atomic E-state index is 14.6. The molecule has 1 aromatic heterocycles. The van der Waals surface area contributed by atoms with Crippen LogP contribution in [0.4, 0.5) is 8.78 Å². The van der Waals surface area contributed by atoms with Gasteiger partial charge in [-0.05, 0) is 62.9 Å². The predicted molar refractivity (Wildman–Crippen MR) is 147 cm³/mol. The monoisotopic (exact) mass is 548 g/mol. The van der Waals surface area contributed by atoms with Gasteiger partial charge in [-0.1, -0.05) is 31.2 Å². The molecule has 0 N–H and O–H groups in total. The predicted octanol–water partition coefficient (Wildman–Crippen LogP) is 6.91. The lowest BCUT2D eigenvalue weighted by molar-refractivity contribution is 0.0646. The van der Waals surface area contributed by atoms with Crippen molar-refractivity contribution < 1.29 is 31.2 Å². The van der Waals surface area contributed by atoms with E-state index < -0.39 is 26.8 Å². The number of rotatable bonds is 16. The van der Waals surface area contributed by atoms with E-state index in [0.717, 1.165) is 17.4 Å².